The number of ketones is 1. The minimum atomic E-state index is -0.789. The van der Waals surface area contributed by atoms with Crippen molar-refractivity contribution in [3.63, 3.8) is 0 Å². The maximum absolute atomic E-state index is 14.2. The summed E-state index contributed by atoms with van der Waals surface area (Å²) in [6, 6.07) is 19.2. The first-order valence-electron chi connectivity index (χ1n) is 13.0. The second kappa shape index (κ2) is 9.85. The number of urea groups is 1. The van der Waals surface area contributed by atoms with Crippen molar-refractivity contribution in [2.24, 2.45) is 5.92 Å². The highest BCUT2D eigenvalue weighted by Gasteiger charge is 2.63. The van der Waals surface area contributed by atoms with Crippen LogP contribution >= 0.6 is 11.3 Å². The number of amides is 3. The monoisotopic (exact) mass is 525 g/mol. The molecule has 38 heavy (non-hydrogen) atoms. The topological polar surface area (TPSA) is 81.5 Å². The fourth-order valence-electron chi connectivity index (χ4n) is 5.85. The van der Waals surface area contributed by atoms with E-state index >= 15 is 0 Å². The lowest BCUT2D eigenvalue weighted by Gasteiger charge is -2.29. The van der Waals surface area contributed by atoms with E-state index in [1.165, 1.54) is 16.2 Å². The molecule has 0 saturated carbocycles. The zero-order valence-corrected chi connectivity index (χ0v) is 22.9. The van der Waals surface area contributed by atoms with Crippen LogP contribution in [0.3, 0.4) is 0 Å². The van der Waals surface area contributed by atoms with Gasteiger partial charge in [0.1, 0.15) is 6.04 Å². The molecule has 0 bridgehead atoms. The van der Waals surface area contributed by atoms with Crippen molar-refractivity contribution >= 4 is 29.1 Å². The standard InChI is InChI=1S/C31H31N3O3S/c1-5-16-33-29(36)27-24(20-10-8-19(18-32)9-11-20)25(28(35)23-7-6-17-38-23)26(34(27)30(33)37)21-12-14-22(15-13-21)31(2,3)4/h6-15,17,24-27H,5,16H2,1-4H3. The van der Waals surface area contributed by atoms with Crippen LogP contribution in [0.2, 0.25) is 0 Å². The van der Waals surface area contributed by atoms with E-state index < -0.39 is 23.9 Å². The lowest BCUT2D eigenvalue weighted by atomic mass is 9.76. The maximum atomic E-state index is 14.2. The predicted molar refractivity (Wildman–Crippen MR) is 147 cm³/mol. The first-order valence-corrected chi connectivity index (χ1v) is 13.9. The summed E-state index contributed by atoms with van der Waals surface area (Å²) in [4.78, 5) is 45.4. The highest BCUT2D eigenvalue weighted by Crippen LogP contribution is 2.54. The van der Waals surface area contributed by atoms with E-state index in [2.05, 4.69) is 39.0 Å². The smallest absolute Gasteiger partial charge is 0.304 e. The molecule has 7 heteroatoms. The lowest BCUT2D eigenvalue weighted by molar-refractivity contribution is -0.128. The van der Waals surface area contributed by atoms with Crippen LogP contribution in [0, 0.1) is 17.2 Å². The fraction of sp³-hybridized carbons (Fsp3) is 0.355. The Hall–Kier alpha value is -3.76. The Kier molecular flexibility index (Phi) is 6.70. The lowest BCUT2D eigenvalue weighted by Crippen LogP contribution is -2.38. The number of nitrogens with zero attached hydrogens (tertiary/aromatic N) is 3. The van der Waals surface area contributed by atoms with Crippen LogP contribution in [0.25, 0.3) is 0 Å². The van der Waals surface area contributed by atoms with Gasteiger partial charge in [0.2, 0.25) is 0 Å². The molecular weight excluding hydrogens is 494 g/mol. The summed E-state index contributed by atoms with van der Waals surface area (Å²) < 4.78 is 0. The number of thiophene rings is 1. The molecule has 4 unspecified atom stereocenters. The molecule has 2 aliphatic heterocycles. The van der Waals surface area contributed by atoms with Gasteiger partial charge in [0.15, 0.2) is 5.78 Å². The third kappa shape index (κ3) is 4.23. The Morgan fingerprint density at radius 3 is 2.18 bits per heavy atom. The van der Waals surface area contributed by atoms with Crippen molar-refractivity contribution in [3.8, 4) is 6.07 Å². The second-order valence-corrected chi connectivity index (χ2v) is 12.0. The third-order valence-electron chi connectivity index (χ3n) is 7.69. The van der Waals surface area contributed by atoms with Crippen LogP contribution in [-0.4, -0.2) is 40.1 Å². The Bertz CT molecular complexity index is 1400. The van der Waals surface area contributed by atoms with E-state index in [4.69, 9.17) is 0 Å². The molecule has 3 heterocycles. The van der Waals surface area contributed by atoms with Gasteiger partial charge in [0, 0.05) is 12.5 Å². The number of hydrogen-bond acceptors (Lipinski definition) is 5. The fourth-order valence-corrected chi connectivity index (χ4v) is 6.57. The normalized spacial score (nSPS) is 23.0. The average Bonchev–Trinajstić information content (AvgIpc) is 3.62. The number of carbonyl (C=O) groups is 3. The number of carbonyl (C=O) groups excluding carboxylic acids is 3. The number of fused-ring (bicyclic) bond motifs is 1. The number of hydrogen-bond donors (Lipinski definition) is 0. The van der Waals surface area contributed by atoms with E-state index in [0.717, 1.165) is 16.7 Å². The Morgan fingerprint density at radius 1 is 0.974 bits per heavy atom. The summed E-state index contributed by atoms with van der Waals surface area (Å²) in [7, 11) is 0. The molecule has 2 aliphatic rings. The van der Waals surface area contributed by atoms with Gasteiger partial charge in [-0.15, -0.1) is 11.3 Å². The second-order valence-electron chi connectivity index (χ2n) is 11.1. The van der Waals surface area contributed by atoms with Crippen molar-refractivity contribution in [2.75, 3.05) is 6.54 Å². The Labute approximate surface area is 227 Å². The number of nitriles is 1. The van der Waals surface area contributed by atoms with Gasteiger partial charge in [-0.25, -0.2) is 4.79 Å². The minimum absolute atomic E-state index is 0.0503. The van der Waals surface area contributed by atoms with Crippen LogP contribution in [0.1, 0.15) is 78.0 Å². The summed E-state index contributed by atoms with van der Waals surface area (Å²) in [6.07, 6.45) is 0.655. The molecule has 3 amide bonds. The quantitative estimate of drug-likeness (QED) is 0.279. The summed E-state index contributed by atoms with van der Waals surface area (Å²) in [5.74, 6) is -1.52. The molecule has 4 atom stereocenters. The maximum Gasteiger partial charge on any atom is 0.328 e. The van der Waals surface area contributed by atoms with Crippen LogP contribution in [-0.2, 0) is 10.2 Å². The molecule has 5 rings (SSSR count). The van der Waals surface area contributed by atoms with Gasteiger partial charge in [-0.3, -0.25) is 14.5 Å². The van der Waals surface area contributed by atoms with Crippen molar-refractivity contribution in [2.45, 2.75) is 57.5 Å². The highest BCUT2D eigenvalue weighted by molar-refractivity contribution is 7.12. The summed E-state index contributed by atoms with van der Waals surface area (Å²) >= 11 is 1.37. The van der Waals surface area contributed by atoms with E-state index in [0.29, 0.717) is 23.4 Å². The Morgan fingerprint density at radius 2 is 1.63 bits per heavy atom. The summed E-state index contributed by atoms with van der Waals surface area (Å²) in [5, 5.41) is 11.2. The van der Waals surface area contributed by atoms with Gasteiger partial charge in [-0.05, 0) is 52.1 Å². The molecule has 6 nitrogen and oxygen atoms in total. The molecule has 2 saturated heterocycles. The van der Waals surface area contributed by atoms with Gasteiger partial charge >= 0.3 is 6.03 Å². The average molecular weight is 526 g/mol. The largest absolute Gasteiger partial charge is 0.328 e. The van der Waals surface area contributed by atoms with Crippen LogP contribution in [0.5, 0.6) is 0 Å². The van der Waals surface area contributed by atoms with Crippen molar-refractivity contribution in [1.29, 1.82) is 5.26 Å². The van der Waals surface area contributed by atoms with Crippen LogP contribution in [0.4, 0.5) is 4.79 Å². The molecule has 2 fully saturated rings. The zero-order chi connectivity index (χ0) is 27.2. The Balaban J connectivity index is 1.70. The molecule has 2 aromatic carbocycles. The van der Waals surface area contributed by atoms with E-state index in [1.807, 2.05) is 42.6 Å². The zero-order valence-electron chi connectivity index (χ0n) is 22.0. The first-order chi connectivity index (χ1) is 18.2. The first kappa shape index (κ1) is 25.9. The summed E-state index contributed by atoms with van der Waals surface area (Å²) in [6.45, 7) is 8.70. The van der Waals surface area contributed by atoms with Gasteiger partial charge in [0.25, 0.3) is 5.91 Å². The molecule has 194 valence electrons. The number of imide groups is 1. The number of Topliss-reactive ketones (excluding diaryl/α,β-unsaturated/α-hetero) is 1. The molecular formula is C31H31N3O3S. The summed E-state index contributed by atoms with van der Waals surface area (Å²) in [5.41, 5.74) is 3.22. The van der Waals surface area contributed by atoms with Gasteiger partial charge in [-0.2, -0.15) is 5.26 Å². The van der Waals surface area contributed by atoms with E-state index in [1.54, 1.807) is 23.1 Å². The molecule has 1 aromatic heterocycles. The molecule has 0 spiro atoms. The van der Waals surface area contributed by atoms with Crippen molar-refractivity contribution in [1.82, 2.24) is 9.80 Å². The number of benzene rings is 2. The SMILES string of the molecule is CCCN1C(=O)C2C(c3ccc(C#N)cc3)C(C(=O)c3cccs3)C(c3ccc(C(C)(C)C)cc3)N2C1=O. The molecule has 0 N–H and O–H groups in total. The van der Waals surface area contributed by atoms with Crippen molar-refractivity contribution in [3.05, 3.63) is 93.2 Å². The van der Waals surface area contributed by atoms with Gasteiger partial charge in [0.05, 0.1) is 28.5 Å². The number of rotatable bonds is 6. The van der Waals surface area contributed by atoms with E-state index in [9.17, 15) is 19.6 Å². The molecule has 3 aromatic rings. The predicted octanol–water partition coefficient (Wildman–Crippen LogP) is 6.30. The van der Waals surface area contributed by atoms with E-state index in [-0.39, 0.29) is 23.1 Å². The van der Waals surface area contributed by atoms with Crippen LogP contribution in [0.15, 0.2) is 66.0 Å². The highest BCUT2D eigenvalue weighted by atomic mass is 32.1. The molecule has 0 radical (unpaired) electrons. The molecule has 0 aliphatic carbocycles. The van der Waals surface area contributed by atoms with Crippen molar-refractivity contribution < 1.29 is 14.4 Å². The minimum Gasteiger partial charge on any atom is -0.304 e. The van der Waals surface area contributed by atoms with Crippen LogP contribution < -0.4 is 0 Å². The third-order valence-corrected chi connectivity index (χ3v) is 8.58. The van der Waals surface area contributed by atoms with Gasteiger partial charge in [-0.1, -0.05) is 70.2 Å². The van der Waals surface area contributed by atoms with Gasteiger partial charge < -0.3 is 4.90 Å².